The maximum absolute atomic E-state index is 4.30. The predicted octanol–water partition coefficient (Wildman–Crippen LogP) is 3.57. The van der Waals surface area contributed by atoms with Crippen LogP contribution in [0.2, 0.25) is 0 Å². The summed E-state index contributed by atoms with van der Waals surface area (Å²) in [7, 11) is 1.99. The molecular formula is C17H25N3. The monoisotopic (exact) mass is 271 g/mol. The fourth-order valence-corrected chi connectivity index (χ4v) is 2.52. The van der Waals surface area contributed by atoms with Crippen molar-refractivity contribution in [3.63, 3.8) is 0 Å². The van der Waals surface area contributed by atoms with Gasteiger partial charge in [0.15, 0.2) is 0 Å². The minimum atomic E-state index is 0.353. The minimum absolute atomic E-state index is 0.353. The molecule has 0 aliphatic carbocycles. The van der Waals surface area contributed by atoms with Crippen LogP contribution < -0.4 is 5.32 Å². The van der Waals surface area contributed by atoms with E-state index < -0.39 is 0 Å². The second-order valence-corrected chi connectivity index (χ2v) is 5.59. The molecule has 0 fully saturated rings. The Morgan fingerprint density at radius 3 is 2.50 bits per heavy atom. The molecule has 3 heteroatoms. The van der Waals surface area contributed by atoms with Gasteiger partial charge in [-0.15, -0.1) is 0 Å². The SMILES string of the molecule is Cc1c(C(C)NCCC(C)c2ccccc2)cnn1C. The van der Waals surface area contributed by atoms with E-state index in [1.807, 2.05) is 17.9 Å². The summed E-state index contributed by atoms with van der Waals surface area (Å²) >= 11 is 0. The maximum Gasteiger partial charge on any atom is 0.0540 e. The zero-order valence-corrected chi connectivity index (χ0v) is 12.9. The summed E-state index contributed by atoms with van der Waals surface area (Å²) in [6, 6.07) is 11.1. The number of hydrogen-bond acceptors (Lipinski definition) is 2. The van der Waals surface area contributed by atoms with Crippen molar-refractivity contribution in [3.05, 3.63) is 53.3 Å². The Labute approximate surface area is 122 Å². The molecule has 0 radical (unpaired) electrons. The molecule has 108 valence electrons. The number of aromatic nitrogens is 2. The average Bonchev–Trinajstić information content (AvgIpc) is 2.80. The second-order valence-electron chi connectivity index (χ2n) is 5.59. The van der Waals surface area contributed by atoms with Crippen molar-refractivity contribution in [3.8, 4) is 0 Å². The number of nitrogens with zero attached hydrogens (tertiary/aromatic N) is 2. The van der Waals surface area contributed by atoms with Crippen LogP contribution >= 0.6 is 0 Å². The van der Waals surface area contributed by atoms with Crippen LogP contribution in [0.4, 0.5) is 0 Å². The number of nitrogens with one attached hydrogen (secondary N) is 1. The van der Waals surface area contributed by atoms with Gasteiger partial charge in [-0.3, -0.25) is 4.68 Å². The van der Waals surface area contributed by atoms with Crippen LogP contribution in [0.3, 0.4) is 0 Å². The molecule has 1 heterocycles. The van der Waals surface area contributed by atoms with Crippen LogP contribution in [0, 0.1) is 6.92 Å². The Kier molecular flexibility index (Phi) is 4.96. The second kappa shape index (κ2) is 6.71. The van der Waals surface area contributed by atoms with E-state index in [-0.39, 0.29) is 0 Å². The molecule has 0 aliphatic heterocycles. The molecule has 20 heavy (non-hydrogen) atoms. The first kappa shape index (κ1) is 14.8. The van der Waals surface area contributed by atoms with E-state index in [1.54, 1.807) is 0 Å². The molecule has 2 atom stereocenters. The zero-order valence-electron chi connectivity index (χ0n) is 12.9. The molecule has 2 aromatic rings. The molecular weight excluding hydrogens is 246 g/mol. The molecule has 0 bridgehead atoms. The predicted molar refractivity (Wildman–Crippen MR) is 83.8 cm³/mol. The average molecular weight is 271 g/mol. The maximum atomic E-state index is 4.30. The Hall–Kier alpha value is -1.61. The summed E-state index contributed by atoms with van der Waals surface area (Å²) in [5, 5.41) is 7.91. The summed E-state index contributed by atoms with van der Waals surface area (Å²) in [4.78, 5) is 0. The van der Waals surface area contributed by atoms with Gasteiger partial charge < -0.3 is 5.32 Å². The van der Waals surface area contributed by atoms with E-state index in [0.717, 1.165) is 13.0 Å². The summed E-state index contributed by atoms with van der Waals surface area (Å²) in [5.41, 5.74) is 3.94. The lowest BCUT2D eigenvalue weighted by atomic mass is 9.98. The highest BCUT2D eigenvalue weighted by Gasteiger charge is 2.12. The smallest absolute Gasteiger partial charge is 0.0540 e. The molecule has 0 saturated heterocycles. The number of aryl methyl sites for hydroxylation is 1. The molecule has 0 spiro atoms. The van der Waals surface area contributed by atoms with Crippen LogP contribution in [0.1, 0.15) is 49.0 Å². The molecule has 2 unspecified atom stereocenters. The van der Waals surface area contributed by atoms with Gasteiger partial charge in [0.05, 0.1) is 6.20 Å². The van der Waals surface area contributed by atoms with Gasteiger partial charge in [-0.25, -0.2) is 0 Å². The fraction of sp³-hybridized carbons (Fsp3) is 0.471. The third-order valence-electron chi connectivity index (χ3n) is 4.14. The van der Waals surface area contributed by atoms with Crippen molar-refractivity contribution >= 4 is 0 Å². The van der Waals surface area contributed by atoms with Crippen LogP contribution in [0.5, 0.6) is 0 Å². The number of benzene rings is 1. The largest absolute Gasteiger partial charge is 0.310 e. The summed E-state index contributed by atoms with van der Waals surface area (Å²) in [6.45, 7) is 7.63. The highest BCUT2D eigenvalue weighted by Crippen LogP contribution is 2.19. The molecule has 1 N–H and O–H groups in total. The van der Waals surface area contributed by atoms with Crippen molar-refractivity contribution in [1.82, 2.24) is 15.1 Å². The normalized spacial score (nSPS) is 14.2. The highest BCUT2D eigenvalue weighted by atomic mass is 15.3. The fourth-order valence-electron chi connectivity index (χ4n) is 2.52. The molecule has 3 nitrogen and oxygen atoms in total. The van der Waals surface area contributed by atoms with E-state index in [4.69, 9.17) is 0 Å². The first-order valence-corrected chi connectivity index (χ1v) is 7.36. The minimum Gasteiger partial charge on any atom is -0.310 e. The van der Waals surface area contributed by atoms with E-state index >= 15 is 0 Å². The number of rotatable bonds is 6. The van der Waals surface area contributed by atoms with Crippen molar-refractivity contribution in [2.24, 2.45) is 7.05 Å². The van der Waals surface area contributed by atoms with Crippen LogP contribution in [0.25, 0.3) is 0 Å². The van der Waals surface area contributed by atoms with Gasteiger partial charge in [0, 0.05) is 24.3 Å². The first-order chi connectivity index (χ1) is 9.59. The Bertz CT molecular complexity index is 530. The molecule has 0 amide bonds. The van der Waals surface area contributed by atoms with E-state index in [1.165, 1.54) is 16.8 Å². The van der Waals surface area contributed by atoms with Gasteiger partial charge in [-0.05, 0) is 38.3 Å². The molecule has 2 rings (SSSR count). The van der Waals surface area contributed by atoms with Gasteiger partial charge in [-0.1, -0.05) is 37.3 Å². The molecule has 1 aromatic carbocycles. The number of hydrogen-bond donors (Lipinski definition) is 1. The van der Waals surface area contributed by atoms with E-state index in [0.29, 0.717) is 12.0 Å². The van der Waals surface area contributed by atoms with Gasteiger partial charge in [-0.2, -0.15) is 5.10 Å². The molecule has 0 saturated carbocycles. The lowest BCUT2D eigenvalue weighted by molar-refractivity contribution is 0.529. The Morgan fingerprint density at radius 2 is 1.90 bits per heavy atom. The van der Waals surface area contributed by atoms with E-state index in [9.17, 15) is 0 Å². The van der Waals surface area contributed by atoms with Crippen LogP contribution in [0.15, 0.2) is 36.5 Å². The van der Waals surface area contributed by atoms with Crippen molar-refractivity contribution in [2.75, 3.05) is 6.54 Å². The van der Waals surface area contributed by atoms with Crippen molar-refractivity contribution in [2.45, 2.75) is 39.2 Å². The zero-order chi connectivity index (χ0) is 14.5. The summed E-state index contributed by atoms with van der Waals surface area (Å²) in [5.74, 6) is 0.589. The third-order valence-corrected chi connectivity index (χ3v) is 4.14. The van der Waals surface area contributed by atoms with Crippen LogP contribution in [-0.2, 0) is 7.05 Å². The summed E-state index contributed by atoms with van der Waals surface area (Å²) in [6.07, 6.45) is 3.11. The molecule has 0 aliphatic rings. The third kappa shape index (κ3) is 3.48. The van der Waals surface area contributed by atoms with Gasteiger partial charge in [0.2, 0.25) is 0 Å². The Balaban J connectivity index is 1.83. The van der Waals surface area contributed by atoms with Gasteiger partial charge in [0.25, 0.3) is 0 Å². The lowest BCUT2D eigenvalue weighted by Crippen LogP contribution is -2.21. The van der Waals surface area contributed by atoms with Crippen molar-refractivity contribution < 1.29 is 0 Å². The first-order valence-electron chi connectivity index (χ1n) is 7.36. The van der Waals surface area contributed by atoms with Gasteiger partial charge >= 0.3 is 0 Å². The topological polar surface area (TPSA) is 29.9 Å². The summed E-state index contributed by atoms with van der Waals surface area (Å²) < 4.78 is 1.93. The quantitative estimate of drug-likeness (QED) is 0.870. The Morgan fingerprint density at radius 1 is 1.20 bits per heavy atom. The lowest BCUT2D eigenvalue weighted by Gasteiger charge is -2.16. The molecule has 1 aromatic heterocycles. The van der Waals surface area contributed by atoms with Crippen LogP contribution in [-0.4, -0.2) is 16.3 Å². The van der Waals surface area contributed by atoms with Gasteiger partial charge in [0.1, 0.15) is 0 Å². The standard InChI is InChI=1S/C17H25N3/c1-13(16-8-6-5-7-9-16)10-11-18-14(2)17-12-19-20(4)15(17)3/h5-9,12-14,18H,10-11H2,1-4H3. The van der Waals surface area contributed by atoms with Crippen molar-refractivity contribution in [1.29, 1.82) is 0 Å². The highest BCUT2D eigenvalue weighted by molar-refractivity contribution is 5.20. The van der Waals surface area contributed by atoms with E-state index in [2.05, 4.69) is 61.5 Å².